The number of fused-ring (bicyclic) bond motifs is 1. The molecule has 0 atom stereocenters. The first-order chi connectivity index (χ1) is 9.64. The summed E-state index contributed by atoms with van der Waals surface area (Å²) in [5.41, 5.74) is 5.70. The molecular formula is C15H16FNO3. The molecule has 0 unspecified atom stereocenters. The van der Waals surface area contributed by atoms with Gasteiger partial charge in [0.2, 0.25) is 5.78 Å². The maximum Gasteiger partial charge on any atom is 0.205 e. The van der Waals surface area contributed by atoms with Crippen molar-refractivity contribution in [1.82, 2.24) is 0 Å². The number of carbonyl (C=O) groups is 1. The topological polar surface area (TPSA) is 65.5 Å². The predicted molar refractivity (Wildman–Crippen MR) is 72.0 cm³/mol. The van der Waals surface area contributed by atoms with Gasteiger partial charge in [0.25, 0.3) is 0 Å². The zero-order valence-corrected chi connectivity index (χ0v) is 11.0. The van der Waals surface area contributed by atoms with E-state index < -0.39 is 5.41 Å². The fourth-order valence-corrected chi connectivity index (χ4v) is 2.67. The van der Waals surface area contributed by atoms with Crippen molar-refractivity contribution in [3.8, 4) is 0 Å². The van der Waals surface area contributed by atoms with Gasteiger partial charge in [-0.25, -0.2) is 4.39 Å². The van der Waals surface area contributed by atoms with E-state index in [1.165, 1.54) is 18.2 Å². The smallest absolute Gasteiger partial charge is 0.205 e. The molecular weight excluding hydrogens is 261 g/mol. The van der Waals surface area contributed by atoms with Gasteiger partial charge in [-0.05, 0) is 37.1 Å². The van der Waals surface area contributed by atoms with E-state index in [1.54, 1.807) is 6.07 Å². The van der Waals surface area contributed by atoms with Crippen molar-refractivity contribution in [2.45, 2.75) is 12.8 Å². The quantitative estimate of drug-likeness (QED) is 0.875. The zero-order valence-electron chi connectivity index (χ0n) is 11.0. The lowest BCUT2D eigenvalue weighted by Crippen LogP contribution is -2.43. The van der Waals surface area contributed by atoms with Gasteiger partial charge in [-0.3, -0.25) is 4.79 Å². The standard InChI is InChI=1S/C15H16FNO3/c16-11-1-2-12-10(7-11)8-13(20-12)14(18)15(9-17)3-5-19-6-4-15/h1-2,7-8H,3-6,9,17H2. The molecule has 4 nitrogen and oxygen atoms in total. The molecule has 0 amide bonds. The zero-order chi connectivity index (χ0) is 14.2. The highest BCUT2D eigenvalue weighted by atomic mass is 19.1. The molecule has 1 aromatic carbocycles. The molecule has 1 aliphatic rings. The number of halogens is 1. The minimum atomic E-state index is -0.620. The molecule has 2 N–H and O–H groups in total. The van der Waals surface area contributed by atoms with Gasteiger partial charge in [-0.2, -0.15) is 0 Å². The van der Waals surface area contributed by atoms with Crippen LogP contribution in [-0.4, -0.2) is 25.5 Å². The molecule has 5 heteroatoms. The highest BCUT2D eigenvalue weighted by molar-refractivity contribution is 6.01. The lowest BCUT2D eigenvalue weighted by molar-refractivity contribution is 0.0185. The van der Waals surface area contributed by atoms with Crippen molar-refractivity contribution in [1.29, 1.82) is 0 Å². The van der Waals surface area contributed by atoms with Gasteiger partial charge in [-0.1, -0.05) is 0 Å². The predicted octanol–water partition coefficient (Wildman–Crippen LogP) is 2.51. The third-order valence-corrected chi connectivity index (χ3v) is 4.02. The molecule has 2 aromatic rings. The van der Waals surface area contributed by atoms with E-state index in [-0.39, 0.29) is 23.9 Å². The van der Waals surface area contributed by atoms with Crippen LogP contribution in [0.3, 0.4) is 0 Å². The molecule has 1 fully saturated rings. The molecule has 0 spiro atoms. The van der Waals surface area contributed by atoms with Gasteiger partial charge in [0.05, 0.1) is 5.41 Å². The van der Waals surface area contributed by atoms with Crippen LogP contribution in [0, 0.1) is 11.2 Å². The second kappa shape index (κ2) is 5.00. The Labute approximate surface area is 115 Å². The molecule has 0 bridgehead atoms. The third kappa shape index (κ3) is 2.13. The van der Waals surface area contributed by atoms with Crippen molar-refractivity contribution >= 4 is 16.8 Å². The Bertz CT molecular complexity index is 644. The van der Waals surface area contributed by atoms with Crippen molar-refractivity contribution < 1.29 is 18.3 Å². The van der Waals surface area contributed by atoms with Crippen molar-refractivity contribution in [3.63, 3.8) is 0 Å². The number of ketones is 1. The molecule has 3 rings (SSSR count). The maximum absolute atomic E-state index is 13.2. The normalized spacial score (nSPS) is 18.3. The van der Waals surface area contributed by atoms with Crippen LogP contribution in [0.25, 0.3) is 11.0 Å². The van der Waals surface area contributed by atoms with Crippen LogP contribution in [0.4, 0.5) is 4.39 Å². The molecule has 20 heavy (non-hydrogen) atoms. The summed E-state index contributed by atoms with van der Waals surface area (Å²) in [5.74, 6) is -0.213. The largest absolute Gasteiger partial charge is 0.453 e. The number of furan rings is 1. The Balaban J connectivity index is 1.98. The molecule has 106 valence electrons. The van der Waals surface area contributed by atoms with Gasteiger partial charge < -0.3 is 14.9 Å². The first kappa shape index (κ1) is 13.3. The number of carbonyl (C=O) groups excluding carboxylic acids is 1. The number of nitrogens with two attached hydrogens (primary N) is 1. The first-order valence-corrected chi connectivity index (χ1v) is 6.66. The van der Waals surface area contributed by atoms with Gasteiger partial charge in [0.15, 0.2) is 5.76 Å². The Morgan fingerprint density at radius 2 is 2.05 bits per heavy atom. The minimum Gasteiger partial charge on any atom is -0.453 e. The van der Waals surface area contributed by atoms with Gasteiger partial charge in [0, 0.05) is 25.1 Å². The van der Waals surface area contributed by atoms with E-state index in [0.717, 1.165) is 0 Å². The fraction of sp³-hybridized carbons (Fsp3) is 0.400. The summed E-state index contributed by atoms with van der Waals surface area (Å²) in [7, 11) is 0. The van der Waals surface area contributed by atoms with Crippen molar-refractivity contribution in [2.24, 2.45) is 11.1 Å². The molecule has 1 aromatic heterocycles. The SMILES string of the molecule is NCC1(C(=O)c2cc3cc(F)ccc3o2)CCOCC1. The summed E-state index contributed by atoms with van der Waals surface area (Å²) in [6, 6.07) is 5.79. The summed E-state index contributed by atoms with van der Waals surface area (Å²) in [6.07, 6.45) is 1.18. The Morgan fingerprint density at radius 3 is 2.75 bits per heavy atom. The molecule has 0 radical (unpaired) electrons. The average molecular weight is 277 g/mol. The summed E-state index contributed by atoms with van der Waals surface area (Å²) in [4.78, 5) is 12.7. The van der Waals surface area contributed by atoms with Crippen LogP contribution in [0.5, 0.6) is 0 Å². The van der Waals surface area contributed by atoms with E-state index in [4.69, 9.17) is 14.9 Å². The van der Waals surface area contributed by atoms with Crippen molar-refractivity contribution in [3.05, 3.63) is 35.8 Å². The number of Topliss-reactive ketones (excluding diaryl/α,β-unsaturated/α-hetero) is 1. The summed E-state index contributed by atoms with van der Waals surface area (Å²) in [5, 5.41) is 0.590. The number of hydrogen-bond donors (Lipinski definition) is 1. The minimum absolute atomic E-state index is 0.111. The molecule has 1 aliphatic heterocycles. The average Bonchev–Trinajstić information content (AvgIpc) is 2.90. The Kier molecular flexibility index (Phi) is 3.31. The third-order valence-electron chi connectivity index (χ3n) is 4.02. The van der Waals surface area contributed by atoms with E-state index in [1.807, 2.05) is 0 Å². The van der Waals surface area contributed by atoms with E-state index >= 15 is 0 Å². The van der Waals surface area contributed by atoms with E-state index in [2.05, 4.69) is 0 Å². The first-order valence-electron chi connectivity index (χ1n) is 6.66. The number of benzene rings is 1. The second-order valence-electron chi connectivity index (χ2n) is 5.22. The van der Waals surface area contributed by atoms with Gasteiger partial charge in [-0.15, -0.1) is 0 Å². The van der Waals surface area contributed by atoms with Crippen molar-refractivity contribution in [2.75, 3.05) is 19.8 Å². The maximum atomic E-state index is 13.2. The summed E-state index contributed by atoms with van der Waals surface area (Å²) >= 11 is 0. The number of ether oxygens (including phenoxy) is 1. The summed E-state index contributed by atoms with van der Waals surface area (Å²) < 4.78 is 24.0. The van der Waals surface area contributed by atoms with E-state index in [0.29, 0.717) is 37.0 Å². The highest BCUT2D eigenvalue weighted by Crippen LogP contribution is 2.35. The van der Waals surface area contributed by atoms with Crippen LogP contribution in [-0.2, 0) is 4.74 Å². The lowest BCUT2D eigenvalue weighted by atomic mass is 9.75. The fourth-order valence-electron chi connectivity index (χ4n) is 2.67. The Morgan fingerprint density at radius 1 is 1.30 bits per heavy atom. The van der Waals surface area contributed by atoms with Crippen LogP contribution < -0.4 is 5.73 Å². The molecule has 0 aliphatic carbocycles. The molecule has 0 saturated carbocycles. The van der Waals surface area contributed by atoms with Crippen LogP contribution in [0.1, 0.15) is 23.4 Å². The highest BCUT2D eigenvalue weighted by Gasteiger charge is 2.40. The second-order valence-corrected chi connectivity index (χ2v) is 5.22. The van der Waals surface area contributed by atoms with Crippen LogP contribution in [0.15, 0.2) is 28.7 Å². The van der Waals surface area contributed by atoms with Gasteiger partial charge in [0.1, 0.15) is 11.4 Å². The monoisotopic (exact) mass is 277 g/mol. The lowest BCUT2D eigenvalue weighted by Gasteiger charge is -2.33. The summed E-state index contributed by atoms with van der Waals surface area (Å²) in [6.45, 7) is 1.32. The number of hydrogen-bond acceptors (Lipinski definition) is 4. The molecule has 2 heterocycles. The van der Waals surface area contributed by atoms with Crippen LogP contribution >= 0.6 is 0 Å². The Hall–Kier alpha value is -1.72. The van der Waals surface area contributed by atoms with E-state index in [9.17, 15) is 9.18 Å². The van der Waals surface area contributed by atoms with Crippen LogP contribution in [0.2, 0.25) is 0 Å². The molecule has 1 saturated heterocycles. The van der Waals surface area contributed by atoms with Gasteiger partial charge >= 0.3 is 0 Å². The number of rotatable bonds is 3.